The summed E-state index contributed by atoms with van der Waals surface area (Å²) in [7, 11) is 0. The summed E-state index contributed by atoms with van der Waals surface area (Å²) >= 11 is 0. The molecule has 1 N–H and O–H groups in total. The van der Waals surface area contributed by atoms with Crippen molar-refractivity contribution in [3.8, 4) is 6.07 Å². The fourth-order valence-corrected chi connectivity index (χ4v) is 3.68. The fraction of sp³-hybridized carbons (Fsp3) is 0.409. The molecule has 0 spiro atoms. The van der Waals surface area contributed by atoms with E-state index in [0.29, 0.717) is 5.56 Å². The van der Waals surface area contributed by atoms with Crippen molar-refractivity contribution in [1.82, 2.24) is 9.88 Å². The molecule has 0 radical (unpaired) electrons. The van der Waals surface area contributed by atoms with Crippen molar-refractivity contribution in [2.75, 3.05) is 36.4 Å². The van der Waals surface area contributed by atoms with E-state index in [1.54, 1.807) is 18.3 Å². The smallest absolute Gasteiger partial charge is 0.241 e. The molecule has 1 aliphatic heterocycles. The molecule has 6 nitrogen and oxygen atoms in total. The van der Waals surface area contributed by atoms with Gasteiger partial charge in [0.25, 0.3) is 0 Å². The minimum atomic E-state index is -0.224. The number of nitrogens with one attached hydrogen (secondary N) is 1. The fourth-order valence-electron chi connectivity index (χ4n) is 3.68. The number of aromatic nitrogens is 1. The summed E-state index contributed by atoms with van der Waals surface area (Å²) in [5, 5.41) is 12.4. The third-order valence-electron chi connectivity index (χ3n) is 5.39. The third kappa shape index (κ3) is 4.32. The van der Waals surface area contributed by atoms with Crippen molar-refractivity contribution in [3.05, 3.63) is 53.2 Å². The zero-order valence-electron chi connectivity index (χ0n) is 16.8. The molecule has 1 aromatic carbocycles. The Labute approximate surface area is 166 Å². The monoisotopic (exact) mass is 377 g/mol. The van der Waals surface area contributed by atoms with Crippen LogP contribution in [0, 0.1) is 25.2 Å². The SMILES string of the molecule is Cc1cccc(C)c1NC(=O)C(C)N1CCCN(c2ncccc2C#N)CC1. The van der Waals surface area contributed by atoms with Gasteiger partial charge in [-0.15, -0.1) is 0 Å². The number of carbonyl (C=O) groups is 1. The Balaban J connectivity index is 1.66. The molecule has 6 heteroatoms. The molecule has 2 aromatic rings. The topological polar surface area (TPSA) is 72.3 Å². The maximum Gasteiger partial charge on any atom is 0.241 e. The van der Waals surface area contributed by atoms with Crippen molar-refractivity contribution in [2.24, 2.45) is 0 Å². The van der Waals surface area contributed by atoms with Crippen LogP contribution in [0.4, 0.5) is 11.5 Å². The number of rotatable bonds is 4. The highest BCUT2D eigenvalue weighted by atomic mass is 16.2. The minimum Gasteiger partial charge on any atom is -0.354 e. The van der Waals surface area contributed by atoms with E-state index in [4.69, 9.17) is 0 Å². The average Bonchev–Trinajstić information content (AvgIpc) is 2.96. The molecule has 0 aliphatic carbocycles. The summed E-state index contributed by atoms with van der Waals surface area (Å²) in [5.74, 6) is 0.751. The molecule has 1 aliphatic rings. The average molecular weight is 377 g/mol. The van der Waals surface area contributed by atoms with Crippen molar-refractivity contribution in [2.45, 2.75) is 33.2 Å². The van der Waals surface area contributed by atoms with E-state index in [9.17, 15) is 10.1 Å². The molecule has 1 amide bonds. The highest BCUT2D eigenvalue weighted by Gasteiger charge is 2.25. The summed E-state index contributed by atoms with van der Waals surface area (Å²) < 4.78 is 0. The van der Waals surface area contributed by atoms with Gasteiger partial charge in [0, 0.05) is 38.1 Å². The van der Waals surface area contributed by atoms with E-state index in [0.717, 1.165) is 55.2 Å². The highest BCUT2D eigenvalue weighted by Crippen LogP contribution is 2.21. The number of nitriles is 1. The number of benzene rings is 1. The molecular weight excluding hydrogens is 350 g/mol. The molecule has 2 heterocycles. The number of pyridine rings is 1. The van der Waals surface area contributed by atoms with Crippen LogP contribution >= 0.6 is 0 Å². The van der Waals surface area contributed by atoms with Gasteiger partial charge < -0.3 is 10.2 Å². The van der Waals surface area contributed by atoms with Crippen LogP contribution in [-0.4, -0.2) is 48.0 Å². The van der Waals surface area contributed by atoms with Crippen LogP contribution in [0.3, 0.4) is 0 Å². The number of hydrogen-bond donors (Lipinski definition) is 1. The van der Waals surface area contributed by atoms with Crippen molar-refractivity contribution in [1.29, 1.82) is 5.26 Å². The van der Waals surface area contributed by atoms with Crippen LogP contribution in [0.15, 0.2) is 36.5 Å². The van der Waals surface area contributed by atoms with Crippen LogP contribution in [0.5, 0.6) is 0 Å². The van der Waals surface area contributed by atoms with Gasteiger partial charge in [-0.1, -0.05) is 18.2 Å². The second-order valence-corrected chi connectivity index (χ2v) is 7.29. The van der Waals surface area contributed by atoms with Gasteiger partial charge >= 0.3 is 0 Å². The van der Waals surface area contributed by atoms with E-state index in [2.05, 4.69) is 26.2 Å². The lowest BCUT2D eigenvalue weighted by Gasteiger charge is -2.27. The molecule has 28 heavy (non-hydrogen) atoms. The van der Waals surface area contributed by atoms with Crippen LogP contribution in [0.25, 0.3) is 0 Å². The lowest BCUT2D eigenvalue weighted by molar-refractivity contribution is -0.120. The first-order valence-corrected chi connectivity index (χ1v) is 9.72. The van der Waals surface area contributed by atoms with E-state index >= 15 is 0 Å². The standard InChI is InChI=1S/C22H27N5O/c1-16-7-4-8-17(2)20(16)25-22(28)18(3)26-11-6-12-27(14-13-26)21-19(15-23)9-5-10-24-21/h4-5,7-10,18H,6,11-14H2,1-3H3,(H,25,28). The van der Waals surface area contributed by atoms with E-state index < -0.39 is 0 Å². The number of amides is 1. The maximum atomic E-state index is 12.9. The van der Waals surface area contributed by atoms with Gasteiger partial charge in [0.05, 0.1) is 11.6 Å². The lowest BCUT2D eigenvalue weighted by Crippen LogP contribution is -2.44. The summed E-state index contributed by atoms with van der Waals surface area (Å²) in [5.41, 5.74) is 3.64. The van der Waals surface area contributed by atoms with Crippen molar-refractivity contribution < 1.29 is 4.79 Å². The van der Waals surface area contributed by atoms with Crippen LogP contribution < -0.4 is 10.2 Å². The first kappa shape index (κ1) is 19.8. The van der Waals surface area contributed by atoms with Crippen LogP contribution in [-0.2, 0) is 4.79 Å². The van der Waals surface area contributed by atoms with Crippen molar-refractivity contribution >= 4 is 17.4 Å². The molecule has 3 rings (SSSR count). The van der Waals surface area contributed by atoms with E-state index in [1.165, 1.54) is 0 Å². The molecule has 1 atom stereocenters. The number of hydrogen-bond acceptors (Lipinski definition) is 5. The summed E-state index contributed by atoms with van der Waals surface area (Å²) in [4.78, 5) is 21.6. The predicted octanol–water partition coefficient (Wildman–Crippen LogP) is 3.11. The Morgan fingerprint density at radius 1 is 1.14 bits per heavy atom. The second-order valence-electron chi connectivity index (χ2n) is 7.29. The normalized spacial score (nSPS) is 16.1. The summed E-state index contributed by atoms with van der Waals surface area (Å²) in [6.45, 7) is 9.14. The van der Waals surface area contributed by atoms with Gasteiger partial charge in [-0.3, -0.25) is 9.69 Å². The van der Waals surface area contributed by atoms with Gasteiger partial charge in [-0.2, -0.15) is 5.26 Å². The highest BCUT2D eigenvalue weighted by molar-refractivity contribution is 5.95. The first-order valence-electron chi connectivity index (χ1n) is 9.72. The van der Waals surface area contributed by atoms with Gasteiger partial charge in [0.15, 0.2) is 0 Å². The Kier molecular flexibility index (Phi) is 6.27. The zero-order chi connectivity index (χ0) is 20.1. The largest absolute Gasteiger partial charge is 0.354 e. The number of anilines is 2. The molecule has 0 bridgehead atoms. The zero-order valence-corrected chi connectivity index (χ0v) is 16.8. The number of para-hydroxylation sites is 1. The number of nitrogens with zero attached hydrogens (tertiary/aromatic N) is 4. The first-order chi connectivity index (χ1) is 13.5. The Morgan fingerprint density at radius 2 is 1.89 bits per heavy atom. The van der Waals surface area contributed by atoms with E-state index in [-0.39, 0.29) is 11.9 Å². The Bertz CT molecular complexity index is 868. The molecule has 1 unspecified atom stereocenters. The second kappa shape index (κ2) is 8.85. The number of aryl methyl sites for hydroxylation is 2. The third-order valence-corrected chi connectivity index (χ3v) is 5.39. The van der Waals surface area contributed by atoms with Gasteiger partial charge in [0.1, 0.15) is 11.9 Å². The molecule has 1 aromatic heterocycles. The van der Waals surface area contributed by atoms with Gasteiger partial charge in [-0.05, 0) is 50.5 Å². The van der Waals surface area contributed by atoms with Gasteiger partial charge in [0.2, 0.25) is 5.91 Å². The van der Waals surface area contributed by atoms with E-state index in [1.807, 2.05) is 39.0 Å². The summed E-state index contributed by atoms with van der Waals surface area (Å²) in [6.07, 6.45) is 2.64. The minimum absolute atomic E-state index is 0.0152. The predicted molar refractivity (Wildman–Crippen MR) is 111 cm³/mol. The maximum absolute atomic E-state index is 12.9. The van der Waals surface area contributed by atoms with Crippen molar-refractivity contribution in [3.63, 3.8) is 0 Å². The molecule has 0 saturated carbocycles. The summed E-state index contributed by atoms with van der Waals surface area (Å²) in [6, 6.07) is 11.6. The molecular formula is C22H27N5O. The lowest BCUT2D eigenvalue weighted by atomic mass is 10.1. The molecule has 1 fully saturated rings. The Hall–Kier alpha value is -2.91. The molecule has 1 saturated heterocycles. The van der Waals surface area contributed by atoms with Crippen LogP contribution in [0.2, 0.25) is 0 Å². The van der Waals surface area contributed by atoms with Gasteiger partial charge in [-0.25, -0.2) is 4.98 Å². The quantitative estimate of drug-likeness (QED) is 0.886. The van der Waals surface area contributed by atoms with Crippen LogP contribution in [0.1, 0.15) is 30.0 Å². The number of carbonyl (C=O) groups excluding carboxylic acids is 1. The Morgan fingerprint density at radius 3 is 2.61 bits per heavy atom. The molecule has 146 valence electrons.